The predicted octanol–water partition coefficient (Wildman–Crippen LogP) is 2.82. The molecule has 1 fully saturated rings. The van der Waals surface area contributed by atoms with E-state index in [2.05, 4.69) is 5.32 Å². The molecule has 5 heteroatoms. The average molecular weight is 351 g/mol. The summed E-state index contributed by atoms with van der Waals surface area (Å²) in [6, 6.07) is 13.8. The molecule has 1 aromatic heterocycles. The van der Waals surface area contributed by atoms with Crippen LogP contribution in [0.15, 0.2) is 48.7 Å². The lowest BCUT2D eigenvalue weighted by molar-refractivity contribution is -0.125. The quantitative estimate of drug-likeness (QED) is 0.901. The molecule has 1 aromatic carbocycles. The van der Waals surface area contributed by atoms with Crippen molar-refractivity contribution in [3.8, 4) is 0 Å². The van der Waals surface area contributed by atoms with Gasteiger partial charge in [-0.15, -0.1) is 0 Å². The summed E-state index contributed by atoms with van der Waals surface area (Å²) in [5.41, 5.74) is 1.83. The number of hydrogen-bond donors (Lipinski definition) is 1. The highest BCUT2D eigenvalue weighted by molar-refractivity contribution is 5.93. The summed E-state index contributed by atoms with van der Waals surface area (Å²) < 4.78 is 2.00. The van der Waals surface area contributed by atoms with Gasteiger partial charge in [0.05, 0.1) is 6.04 Å². The van der Waals surface area contributed by atoms with Crippen LogP contribution in [-0.4, -0.2) is 33.9 Å². The van der Waals surface area contributed by atoms with E-state index in [0.717, 1.165) is 36.9 Å². The molecule has 0 bridgehead atoms. The van der Waals surface area contributed by atoms with Crippen LogP contribution in [-0.2, 0) is 17.9 Å². The van der Waals surface area contributed by atoms with Crippen molar-refractivity contribution in [2.24, 2.45) is 5.92 Å². The molecule has 1 N–H and O–H groups in total. The fraction of sp³-hybridized carbons (Fsp3) is 0.429. The molecule has 0 spiro atoms. The zero-order valence-electron chi connectivity index (χ0n) is 14.9. The minimum absolute atomic E-state index is 0.0326. The largest absolute Gasteiger partial charge is 0.354 e. The van der Waals surface area contributed by atoms with Crippen molar-refractivity contribution in [2.45, 2.75) is 44.8 Å². The summed E-state index contributed by atoms with van der Waals surface area (Å²) in [6.45, 7) is 1.78. The smallest absolute Gasteiger partial charge is 0.271 e. The Hall–Kier alpha value is -2.56. The molecular formula is C21H25N3O2. The maximum absolute atomic E-state index is 13.0. The first-order valence-electron chi connectivity index (χ1n) is 9.50. The second-order valence-corrected chi connectivity index (χ2v) is 7.34. The maximum Gasteiger partial charge on any atom is 0.271 e. The third-order valence-electron chi connectivity index (χ3n) is 5.59. The van der Waals surface area contributed by atoms with E-state index < -0.39 is 0 Å². The molecule has 1 atom stereocenters. The van der Waals surface area contributed by atoms with Crippen LogP contribution in [0.2, 0.25) is 0 Å². The van der Waals surface area contributed by atoms with Gasteiger partial charge in [0.25, 0.3) is 5.91 Å². The molecule has 1 saturated carbocycles. The van der Waals surface area contributed by atoms with Gasteiger partial charge >= 0.3 is 0 Å². The van der Waals surface area contributed by atoms with Crippen LogP contribution in [0.1, 0.15) is 41.7 Å². The molecule has 26 heavy (non-hydrogen) atoms. The van der Waals surface area contributed by atoms with Crippen molar-refractivity contribution in [3.63, 3.8) is 0 Å². The molecular weight excluding hydrogens is 326 g/mol. The standard InChI is InChI=1S/C21H25N3O2/c25-20(17-9-4-5-10-17)22-13-18-15-23-12-6-11-19(23)21(26)24(18)14-16-7-2-1-3-8-16/h1-3,6-8,11-12,17-18H,4-5,9-10,13-15H2,(H,22,25). The Labute approximate surface area is 154 Å². The van der Waals surface area contributed by atoms with E-state index in [1.54, 1.807) is 0 Å². The number of hydrogen-bond acceptors (Lipinski definition) is 2. The van der Waals surface area contributed by atoms with Gasteiger partial charge in [-0.3, -0.25) is 9.59 Å². The summed E-state index contributed by atoms with van der Waals surface area (Å²) in [6.07, 6.45) is 6.22. The van der Waals surface area contributed by atoms with Crippen LogP contribution in [0.25, 0.3) is 0 Å². The molecule has 5 nitrogen and oxygen atoms in total. The number of aromatic nitrogens is 1. The van der Waals surface area contributed by atoms with Crippen molar-refractivity contribution < 1.29 is 9.59 Å². The van der Waals surface area contributed by atoms with Crippen LogP contribution in [0.4, 0.5) is 0 Å². The van der Waals surface area contributed by atoms with Crippen LogP contribution < -0.4 is 5.32 Å². The normalized spacial score (nSPS) is 20.2. The third kappa shape index (κ3) is 3.39. The molecule has 2 amide bonds. The highest BCUT2D eigenvalue weighted by Gasteiger charge is 2.33. The number of nitrogens with zero attached hydrogens (tertiary/aromatic N) is 2. The lowest BCUT2D eigenvalue weighted by Gasteiger charge is -2.37. The number of rotatable bonds is 5. The number of benzene rings is 1. The monoisotopic (exact) mass is 351 g/mol. The van der Waals surface area contributed by atoms with Gasteiger partial charge in [-0.05, 0) is 30.5 Å². The van der Waals surface area contributed by atoms with Gasteiger partial charge in [-0.25, -0.2) is 0 Å². The second-order valence-electron chi connectivity index (χ2n) is 7.34. The number of nitrogens with one attached hydrogen (secondary N) is 1. The first-order valence-corrected chi connectivity index (χ1v) is 9.50. The average Bonchev–Trinajstić information content (AvgIpc) is 3.35. The molecule has 2 heterocycles. The predicted molar refractivity (Wildman–Crippen MR) is 99.5 cm³/mol. The van der Waals surface area contributed by atoms with E-state index >= 15 is 0 Å². The van der Waals surface area contributed by atoms with Crippen LogP contribution in [0.5, 0.6) is 0 Å². The molecule has 0 saturated heterocycles. The first kappa shape index (κ1) is 16.9. The molecule has 2 aliphatic rings. The van der Waals surface area contributed by atoms with Gasteiger partial charge in [0, 0.05) is 31.7 Å². The number of carbonyl (C=O) groups is 2. The van der Waals surface area contributed by atoms with Gasteiger partial charge in [0.2, 0.25) is 5.91 Å². The molecule has 1 aliphatic heterocycles. The first-order chi connectivity index (χ1) is 12.7. The van der Waals surface area contributed by atoms with E-state index in [9.17, 15) is 9.59 Å². The van der Waals surface area contributed by atoms with Gasteiger partial charge in [-0.1, -0.05) is 43.2 Å². The summed E-state index contributed by atoms with van der Waals surface area (Å²) >= 11 is 0. The summed E-state index contributed by atoms with van der Waals surface area (Å²) in [4.78, 5) is 27.3. The minimum atomic E-state index is -0.0343. The minimum Gasteiger partial charge on any atom is -0.354 e. The molecule has 4 rings (SSSR count). The zero-order valence-corrected chi connectivity index (χ0v) is 14.9. The van der Waals surface area contributed by atoms with E-state index in [-0.39, 0.29) is 23.8 Å². The topological polar surface area (TPSA) is 54.3 Å². The fourth-order valence-corrected chi connectivity index (χ4v) is 4.11. The summed E-state index contributed by atoms with van der Waals surface area (Å²) in [5, 5.41) is 3.11. The molecule has 2 aromatic rings. The van der Waals surface area contributed by atoms with Crippen molar-refractivity contribution in [3.05, 3.63) is 59.9 Å². The van der Waals surface area contributed by atoms with E-state index in [1.165, 1.54) is 0 Å². The van der Waals surface area contributed by atoms with Crippen molar-refractivity contribution in [1.82, 2.24) is 14.8 Å². The second kappa shape index (κ2) is 7.36. The van der Waals surface area contributed by atoms with Crippen molar-refractivity contribution in [2.75, 3.05) is 6.54 Å². The fourth-order valence-electron chi connectivity index (χ4n) is 4.11. The summed E-state index contributed by atoms with van der Waals surface area (Å²) in [5.74, 6) is 0.331. The van der Waals surface area contributed by atoms with E-state index in [4.69, 9.17) is 0 Å². The Balaban J connectivity index is 1.50. The summed E-state index contributed by atoms with van der Waals surface area (Å²) in [7, 11) is 0. The highest BCUT2D eigenvalue weighted by atomic mass is 16.2. The van der Waals surface area contributed by atoms with Gasteiger partial charge in [0.15, 0.2) is 0 Å². The van der Waals surface area contributed by atoms with Gasteiger partial charge in [-0.2, -0.15) is 0 Å². The van der Waals surface area contributed by atoms with Crippen LogP contribution in [0.3, 0.4) is 0 Å². The van der Waals surface area contributed by atoms with Crippen molar-refractivity contribution in [1.29, 1.82) is 0 Å². The number of fused-ring (bicyclic) bond motifs is 1. The Bertz CT molecular complexity index is 778. The number of carbonyl (C=O) groups excluding carboxylic acids is 2. The maximum atomic E-state index is 13.0. The Morgan fingerprint density at radius 3 is 2.62 bits per heavy atom. The number of amides is 2. The third-order valence-corrected chi connectivity index (χ3v) is 5.59. The van der Waals surface area contributed by atoms with Crippen LogP contribution >= 0.6 is 0 Å². The molecule has 1 unspecified atom stereocenters. The molecule has 0 radical (unpaired) electrons. The lowest BCUT2D eigenvalue weighted by atomic mass is 10.1. The molecule has 136 valence electrons. The van der Waals surface area contributed by atoms with Crippen LogP contribution in [0, 0.1) is 5.92 Å². The Morgan fingerprint density at radius 1 is 1.08 bits per heavy atom. The highest BCUT2D eigenvalue weighted by Crippen LogP contribution is 2.25. The van der Waals surface area contributed by atoms with Gasteiger partial charge in [0.1, 0.15) is 5.69 Å². The van der Waals surface area contributed by atoms with E-state index in [0.29, 0.717) is 19.6 Å². The van der Waals surface area contributed by atoms with Gasteiger partial charge < -0.3 is 14.8 Å². The SMILES string of the molecule is O=C(NCC1Cn2cccc2C(=O)N1Cc1ccccc1)C1CCCC1. The molecule has 1 aliphatic carbocycles. The van der Waals surface area contributed by atoms with Crippen molar-refractivity contribution >= 4 is 11.8 Å². The Morgan fingerprint density at radius 2 is 1.85 bits per heavy atom. The lowest BCUT2D eigenvalue weighted by Crippen LogP contribution is -2.52. The van der Waals surface area contributed by atoms with E-state index in [1.807, 2.05) is 58.1 Å². The Kier molecular flexibility index (Phi) is 4.78. The zero-order chi connectivity index (χ0) is 17.9.